The van der Waals surface area contributed by atoms with Gasteiger partial charge in [0.25, 0.3) is 0 Å². The van der Waals surface area contributed by atoms with Crippen LogP contribution in [0.3, 0.4) is 0 Å². The van der Waals surface area contributed by atoms with Crippen LogP contribution in [0.2, 0.25) is 0 Å². The van der Waals surface area contributed by atoms with Crippen molar-refractivity contribution in [2.24, 2.45) is 11.8 Å². The molecule has 1 heterocycles. The Morgan fingerprint density at radius 1 is 0.900 bits per heavy atom. The van der Waals surface area contributed by atoms with E-state index < -0.39 is 0 Å². The Kier molecular flexibility index (Phi) is 1.94. The lowest BCUT2D eigenvalue weighted by molar-refractivity contribution is -0.00145. The van der Waals surface area contributed by atoms with E-state index in [0.717, 1.165) is 25.0 Å². The first-order valence-electron chi connectivity index (χ1n) is 4.54. The maximum Gasteiger partial charge on any atom is 0.0496 e. The summed E-state index contributed by atoms with van der Waals surface area (Å²) in [5.74, 6) is 1.96. The molecule has 1 unspecified atom stereocenters. The van der Waals surface area contributed by atoms with E-state index in [2.05, 4.69) is 0 Å². The van der Waals surface area contributed by atoms with E-state index in [9.17, 15) is 0 Å². The van der Waals surface area contributed by atoms with E-state index in [0.29, 0.717) is 0 Å². The molecule has 1 saturated carbocycles. The minimum atomic E-state index is 0.933. The molecule has 0 aromatic heterocycles. The summed E-state index contributed by atoms with van der Waals surface area (Å²) in [5, 5.41) is 0. The molecule has 2 fully saturated rings. The standard InChI is InChI=1S/C9H16O/c1-2-4-9-7-10-6-5-8(9)3-1/h8-9H,1-7H2/t8?,9-/m0/s1. The van der Waals surface area contributed by atoms with Crippen molar-refractivity contribution in [1.82, 2.24) is 0 Å². The van der Waals surface area contributed by atoms with E-state index in [-0.39, 0.29) is 0 Å². The molecule has 10 heavy (non-hydrogen) atoms. The van der Waals surface area contributed by atoms with E-state index in [1.807, 2.05) is 0 Å². The average Bonchev–Trinajstić information content (AvgIpc) is 2.05. The molecule has 1 heteroatoms. The van der Waals surface area contributed by atoms with Crippen molar-refractivity contribution in [1.29, 1.82) is 0 Å². The number of hydrogen-bond donors (Lipinski definition) is 0. The van der Waals surface area contributed by atoms with Crippen molar-refractivity contribution in [3.63, 3.8) is 0 Å². The lowest BCUT2D eigenvalue weighted by Crippen LogP contribution is -2.29. The predicted octanol–water partition coefficient (Wildman–Crippen LogP) is 2.21. The number of fused-ring (bicyclic) bond motifs is 1. The zero-order valence-electron chi connectivity index (χ0n) is 6.51. The highest BCUT2D eigenvalue weighted by molar-refractivity contribution is 4.77. The van der Waals surface area contributed by atoms with Crippen LogP contribution in [0.25, 0.3) is 0 Å². The van der Waals surface area contributed by atoms with Gasteiger partial charge in [0.15, 0.2) is 0 Å². The quantitative estimate of drug-likeness (QED) is 0.501. The smallest absolute Gasteiger partial charge is 0.0496 e. The van der Waals surface area contributed by atoms with Crippen LogP contribution in [-0.2, 0) is 4.74 Å². The zero-order chi connectivity index (χ0) is 6.81. The second kappa shape index (κ2) is 2.91. The van der Waals surface area contributed by atoms with Gasteiger partial charge in [-0.15, -0.1) is 0 Å². The SMILES string of the molecule is C1CC[C@H]2COCCC2C1. The highest BCUT2D eigenvalue weighted by atomic mass is 16.5. The van der Waals surface area contributed by atoms with E-state index in [4.69, 9.17) is 4.74 Å². The molecule has 0 bridgehead atoms. The van der Waals surface area contributed by atoms with Gasteiger partial charge in [-0.25, -0.2) is 0 Å². The van der Waals surface area contributed by atoms with Crippen molar-refractivity contribution < 1.29 is 4.74 Å². The Morgan fingerprint density at radius 3 is 2.50 bits per heavy atom. The average molecular weight is 140 g/mol. The molecule has 1 nitrogen and oxygen atoms in total. The Hall–Kier alpha value is -0.0400. The molecule has 0 amide bonds. The molecule has 0 aromatic carbocycles. The predicted molar refractivity (Wildman–Crippen MR) is 40.9 cm³/mol. The Bertz CT molecular complexity index is 85.3. The van der Waals surface area contributed by atoms with Gasteiger partial charge in [0.1, 0.15) is 0 Å². The van der Waals surface area contributed by atoms with Gasteiger partial charge in [-0.2, -0.15) is 0 Å². The van der Waals surface area contributed by atoms with E-state index >= 15 is 0 Å². The fourth-order valence-electron chi connectivity index (χ4n) is 2.35. The topological polar surface area (TPSA) is 9.23 Å². The summed E-state index contributed by atoms with van der Waals surface area (Å²) in [6.07, 6.45) is 7.18. The summed E-state index contributed by atoms with van der Waals surface area (Å²) in [4.78, 5) is 0. The molecule has 0 aromatic rings. The molecule has 1 aliphatic heterocycles. The van der Waals surface area contributed by atoms with Gasteiger partial charge in [-0.1, -0.05) is 19.3 Å². The molecule has 58 valence electrons. The van der Waals surface area contributed by atoms with Crippen LogP contribution < -0.4 is 0 Å². The van der Waals surface area contributed by atoms with Crippen LogP contribution in [0, 0.1) is 11.8 Å². The second-order valence-corrected chi connectivity index (χ2v) is 3.67. The molecule has 2 rings (SSSR count). The van der Waals surface area contributed by atoms with Crippen LogP contribution in [0.1, 0.15) is 32.1 Å². The fourth-order valence-corrected chi connectivity index (χ4v) is 2.35. The van der Waals surface area contributed by atoms with Gasteiger partial charge in [0, 0.05) is 13.2 Å². The second-order valence-electron chi connectivity index (χ2n) is 3.67. The van der Waals surface area contributed by atoms with E-state index in [1.54, 1.807) is 0 Å². The van der Waals surface area contributed by atoms with Crippen molar-refractivity contribution in [2.75, 3.05) is 13.2 Å². The zero-order valence-corrected chi connectivity index (χ0v) is 6.51. The minimum Gasteiger partial charge on any atom is -0.381 e. The van der Waals surface area contributed by atoms with Crippen LogP contribution in [0.15, 0.2) is 0 Å². The van der Waals surface area contributed by atoms with Gasteiger partial charge >= 0.3 is 0 Å². The Balaban J connectivity index is 1.93. The molecule has 0 radical (unpaired) electrons. The molecule has 0 spiro atoms. The summed E-state index contributed by atoms with van der Waals surface area (Å²) >= 11 is 0. The molecule has 0 N–H and O–H groups in total. The lowest BCUT2D eigenvalue weighted by atomic mass is 9.77. The van der Waals surface area contributed by atoms with Gasteiger partial charge in [0.05, 0.1) is 0 Å². The molecular weight excluding hydrogens is 124 g/mol. The number of rotatable bonds is 0. The van der Waals surface area contributed by atoms with Gasteiger partial charge < -0.3 is 4.74 Å². The first-order chi connectivity index (χ1) is 4.97. The van der Waals surface area contributed by atoms with Crippen molar-refractivity contribution in [2.45, 2.75) is 32.1 Å². The first-order valence-corrected chi connectivity index (χ1v) is 4.54. The van der Waals surface area contributed by atoms with Crippen LogP contribution in [0.5, 0.6) is 0 Å². The largest absolute Gasteiger partial charge is 0.381 e. The van der Waals surface area contributed by atoms with Crippen LogP contribution >= 0.6 is 0 Å². The molecule has 1 saturated heterocycles. The fraction of sp³-hybridized carbons (Fsp3) is 1.00. The van der Waals surface area contributed by atoms with Crippen molar-refractivity contribution in [3.8, 4) is 0 Å². The summed E-state index contributed by atoms with van der Waals surface area (Å²) < 4.78 is 5.44. The monoisotopic (exact) mass is 140 g/mol. The van der Waals surface area contributed by atoms with Gasteiger partial charge in [-0.3, -0.25) is 0 Å². The highest BCUT2D eigenvalue weighted by Crippen LogP contribution is 2.34. The molecular formula is C9H16O. The van der Waals surface area contributed by atoms with Crippen LogP contribution in [0.4, 0.5) is 0 Å². The summed E-state index contributed by atoms with van der Waals surface area (Å²) in [5.41, 5.74) is 0. The summed E-state index contributed by atoms with van der Waals surface area (Å²) in [6, 6.07) is 0. The Labute approximate surface area is 62.8 Å². The third-order valence-corrected chi connectivity index (χ3v) is 3.03. The van der Waals surface area contributed by atoms with Crippen LogP contribution in [-0.4, -0.2) is 13.2 Å². The van der Waals surface area contributed by atoms with Crippen molar-refractivity contribution in [3.05, 3.63) is 0 Å². The Morgan fingerprint density at radius 2 is 1.70 bits per heavy atom. The third kappa shape index (κ3) is 1.20. The highest BCUT2D eigenvalue weighted by Gasteiger charge is 2.27. The summed E-state index contributed by atoms with van der Waals surface area (Å²) in [6.45, 7) is 2.09. The maximum absolute atomic E-state index is 5.44. The van der Waals surface area contributed by atoms with Crippen molar-refractivity contribution >= 4 is 0 Å². The minimum absolute atomic E-state index is 0.933. The molecule has 2 aliphatic rings. The van der Waals surface area contributed by atoms with Gasteiger partial charge in [-0.05, 0) is 24.7 Å². The van der Waals surface area contributed by atoms with Gasteiger partial charge in [0.2, 0.25) is 0 Å². The number of ether oxygens (including phenoxy) is 1. The number of hydrogen-bond acceptors (Lipinski definition) is 1. The summed E-state index contributed by atoms with van der Waals surface area (Å²) in [7, 11) is 0. The molecule has 1 aliphatic carbocycles. The molecule has 2 atom stereocenters. The maximum atomic E-state index is 5.44. The third-order valence-electron chi connectivity index (χ3n) is 3.03. The van der Waals surface area contributed by atoms with E-state index in [1.165, 1.54) is 32.1 Å². The normalized spacial score (nSPS) is 40.8. The lowest BCUT2D eigenvalue weighted by Gasteiger charge is -2.35. The first kappa shape index (κ1) is 6.66.